The second-order valence-corrected chi connectivity index (χ2v) is 2.75. The molecule has 9 heavy (non-hydrogen) atoms. The van der Waals surface area contributed by atoms with Gasteiger partial charge in [-0.3, -0.25) is 0 Å². The zero-order chi connectivity index (χ0) is 5.98. The van der Waals surface area contributed by atoms with Crippen molar-refractivity contribution in [3.63, 3.8) is 0 Å². The molecule has 1 aliphatic carbocycles. The maximum absolute atomic E-state index is 8.65. The Balaban J connectivity index is 0.000000640. The predicted molar refractivity (Wildman–Crippen MR) is 33.3 cm³/mol. The Hall–Kier alpha value is 1.06. The van der Waals surface area contributed by atoms with Crippen molar-refractivity contribution in [1.82, 2.24) is 0 Å². The van der Waals surface area contributed by atoms with Crippen molar-refractivity contribution >= 4 is 0 Å². The molecule has 0 aromatic heterocycles. The van der Waals surface area contributed by atoms with Crippen molar-refractivity contribution in [2.75, 3.05) is 6.61 Å². The van der Waals surface area contributed by atoms with Crippen LogP contribution in [0.15, 0.2) is 0 Å². The van der Waals surface area contributed by atoms with Gasteiger partial charge in [0.2, 0.25) is 0 Å². The second-order valence-electron chi connectivity index (χ2n) is 2.75. The van der Waals surface area contributed by atoms with E-state index in [0.29, 0.717) is 12.5 Å². The third-order valence-corrected chi connectivity index (χ3v) is 1.81. The number of rotatable bonds is 1. The zero-order valence-electron chi connectivity index (χ0n) is 5.88. The van der Waals surface area contributed by atoms with Gasteiger partial charge >= 0.3 is 0 Å². The molecule has 1 rings (SSSR count). The van der Waals surface area contributed by atoms with E-state index in [-0.39, 0.29) is 32.7 Å². The summed E-state index contributed by atoms with van der Waals surface area (Å²) in [5.74, 6) is 1.32. The summed E-state index contributed by atoms with van der Waals surface area (Å²) in [6.45, 7) is 2.58. The topological polar surface area (TPSA) is 20.2 Å². The fourth-order valence-electron chi connectivity index (χ4n) is 1.28. The molecule has 51 valence electrons. The largest absolute Gasteiger partial charge is 0.399 e. The van der Waals surface area contributed by atoms with Crippen LogP contribution < -0.4 is 0 Å². The van der Waals surface area contributed by atoms with Crippen LogP contribution in [0.5, 0.6) is 0 Å². The van der Waals surface area contributed by atoms with E-state index in [1.807, 2.05) is 0 Å². The average Bonchev–Trinajstić information content (AvgIpc) is 2.14. The van der Waals surface area contributed by atoms with E-state index in [4.69, 9.17) is 5.11 Å². The SMILES string of the molecule is CC1C[CH-][C@@H](CO)C1.[Y]. The molecular weight excluding hydrogens is 189 g/mol. The molecule has 0 spiro atoms. The molecule has 1 fully saturated rings. The van der Waals surface area contributed by atoms with Gasteiger partial charge in [0.05, 0.1) is 0 Å². The molecule has 1 saturated carbocycles. The first-order valence-electron chi connectivity index (χ1n) is 3.27. The minimum Gasteiger partial charge on any atom is -0.399 e. The number of aliphatic hydroxyl groups is 1. The molecule has 0 amide bonds. The zero-order valence-corrected chi connectivity index (χ0v) is 8.72. The minimum atomic E-state index is 0. The van der Waals surface area contributed by atoms with E-state index in [1.54, 1.807) is 0 Å². The van der Waals surface area contributed by atoms with Crippen molar-refractivity contribution in [1.29, 1.82) is 0 Å². The van der Waals surface area contributed by atoms with E-state index in [0.717, 1.165) is 5.92 Å². The Bertz CT molecular complexity index is 75.3. The van der Waals surface area contributed by atoms with Gasteiger partial charge in [-0.15, -0.1) is 5.92 Å². The smallest absolute Gasteiger partial charge is 0.0188 e. The summed E-state index contributed by atoms with van der Waals surface area (Å²) in [5, 5.41) is 8.65. The van der Waals surface area contributed by atoms with Gasteiger partial charge in [0.15, 0.2) is 0 Å². The molecule has 0 aliphatic heterocycles. The third kappa shape index (κ3) is 3.11. The second kappa shape index (κ2) is 4.81. The van der Waals surface area contributed by atoms with Crippen LogP contribution in [0.3, 0.4) is 0 Å². The van der Waals surface area contributed by atoms with Crippen LogP contribution in [0.25, 0.3) is 0 Å². The Labute approximate surface area is 82.1 Å². The Morgan fingerprint density at radius 1 is 1.67 bits per heavy atom. The monoisotopic (exact) mass is 202 g/mol. The molecule has 0 bridgehead atoms. The van der Waals surface area contributed by atoms with Crippen molar-refractivity contribution in [2.45, 2.75) is 19.8 Å². The molecule has 0 heterocycles. The Morgan fingerprint density at radius 3 is 2.56 bits per heavy atom. The molecule has 1 unspecified atom stereocenters. The van der Waals surface area contributed by atoms with Crippen LogP contribution in [0.2, 0.25) is 0 Å². The molecule has 0 aromatic carbocycles. The fourth-order valence-corrected chi connectivity index (χ4v) is 1.28. The third-order valence-electron chi connectivity index (χ3n) is 1.81. The standard InChI is InChI=1S/C7H13O.Y/c1-6-2-3-7(4-6)5-8;/h3,6-8H,2,4-5H2,1H3;/q-1;/t6?,7-;/m1./s1. The first kappa shape index (κ1) is 10.1. The summed E-state index contributed by atoms with van der Waals surface area (Å²) in [5.41, 5.74) is 0. The fraction of sp³-hybridized carbons (Fsp3) is 0.857. The van der Waals surface area contributed by atoms with E-state index in [1.165, 1.54) is 12.8 Å². The van der Waals surface area contributed by atoms with Gasteiger partial charge in [-0.05, 0) is 0 Å². The van der Waals surface area contributed by atoms with Crippen LogP contribution in [-0.4, -0.2) is 11.7 Å². The van der Waals surface area contributed by atoms with Gasteiger partial charge in [-0.1, -0.05) is 19.3 Å². The quantitative estimate of drug-likeness (QED) is 0.634. The van der Waals surface area contributed by atoms with Crippen LogP contribution in [0.4, 0.5) is 0 Å². The van der Waals surface area contributed by atoms with Crippen LogP contribution in [0, 0.1) is 18.3 Å². The van der Waals surface area contributed by atoms with Gasteiger partial charge in [-0.25, -0.2) is 0 Å². The maximum atomic E-state index is 8.65. The Kier molecular flexibility index (Phi) is 5.38. The summed E-state index contributed by atoms with van der Waals surface area (Å²) in [6, 6.07) is 0. The van der Waals surface area contributed by atoms with Gasteiger partial charge in [0.1, 0.15) is 0 Å². The molecule has 0 saturated heterocycles. The number of hydrogen-bond donors (Lipinski definition) is 1. The molecule has 2 heteroatoms. The average molecular weight is 202 g/mol. The Morgan fingerprint density at radius 2 is 2.33 bits per heavy atom. The van der Waals surface area contributed by atoms with Crippen LogP contribution in [-0.2, 0) is 32.7 Å². The van der Waals surface area contributed by atoms with Gasteiger partial charge in [0.25, 0.3) is 0 Å². The van der Waals surface area contributed by atoms with Crippen LogP contribution >= 0.6 is 0 Å². The summed E-state index contributed by atoms with van der Waals surface area (Å²) in [7, 11) is 0. The van der Waals surface area contributed by atoms with Crippen molar-refractivity contribution in [2.24, 2.45) is 11.8 Å². The summed E-state index contributed by atoms with van der Waals surface area (Å²) >= 11 is 0. The van der Waals surface area contributed by atoms with E-state index in [2.05, 4.69) is 13.3 Å². The molecule has 1 N–H and O–H groups in total. The van der Waals surface area contributed by atoms with E-state index < -0.39 is 0 Å². The number of aliphatic hydroxyl groups excluding tert-OH is 1. The normalized spacial score (nSPS) is 34.0. The van der Waals surface area contributed by atoms with Gasteiger partial charge in [0, 0.05) is 39.3 Å². The predicted octanol–water partition coefficient (Wildman–Crippen LogP) is 1.23. The maximum Gasteiger partial charge on any atom is 0.0188 e. The molecule has 0 aromatic rings. The first-order chi connectivity index (χ1) is 3.83. The van der Waals surface area contributed by atoms with Crippen molar-refractivity contribution < 1.29 is 37.8 Å². The number of hydrogen-bond acceptors (Lipinski definition) is 1. The molecule has 1 nitrogen and oxygen atoms in total. The van der Waals surface area contributed by atoms with E-state index in [9.17, 15) is 0 Å². The molecule has 2 atom stereocenters. The summed E-state index contributed by atoms with van der Waals surface area (Å²) in [4.78, 5) is 0. The minimum absolute atomic E-state index is 0. The summed E-state index contributed by atoms with van der Waals surface area (Å²) in [6.07, 6.45) is 4.62. The molecule has 1 radical (unpaired) electrons. The van der Waals surface area contributed by atoms with Gasteiger partial charge < -0.3 is 11.5 Å². The van der Waals surface area contributed by atoms with Crippen molar-refractivity contribution in [3.05, 3.63) is 6.42 Å². The van der Waals surface area contributed by atoms with Crippen LogP contribution in [0.1, 0.15) is 19.8 Å². The molecule has 1 aliphatic rings. The van der Waals surface area contributed by atoms with Gasteiger partial charge in [-0.2, -0.15) is 6.42 Å². The molecular formula is C7H13OY-. The summed E-state index contributed by atoms with van der Waals surface area (Å²) < 4.78 is 0. The van der Waals surface area contributed by atoms with E-state index >= 15 is 0 Å². The first-order valence-corrected chi connectivity index (χ1v) is 3.27. The van der Waals surface area contributed by atoms with Crippen molar-refractivity contribution in [3.8, 4) is 0 Å².